The molecule has 2 N–H and O–H groups in total. The molecule has 7 heteroatoms. The van der Waals surface area contributed by atoms with Crippen LogP contribution in [0, 0.1) is 10.8 Å². The molecule has 6 nitrogen and oxygen atoms in total. The number of unbranched alkanes of at least 4 members (excludes halogenated alkanes) is 4. The van der Waals surface area contributed by atoms with Crippen LogP contribution in [0.15, 0.2) is 0 Å². The summed E-state index contributed by atoms with van der Waals surface area (Å²) in [5, 5.41) is 20.1. The summed E-state index contributed by atoms with van der Waals surface area (Å²) in [6.07, 6.45) is 12.8. The van der Waals surface area contributed by atoms with Gasteiger partial charge in [-0.1, -0.05) is 92.9 Å². The number of aliphatic carboxylic acids is 2. The van der Waals surface area contributed by atoms with Gasteiger partial charge in [0.15, 0.2) is 0 Å². The molecule has 33 heavy (non-hydrogen) atoms. The van der Waals surface area contributed by atoms with E-state index in [1.165, 1.54) is 25.7 Å². The van der Waals surface area contributed by atoms with Crippen molar-refractivity contribution in [2.45, 2.75) is 144 Å². The molecule has 0 unspecified atom stereocenters. The Labute approximate surface area is 218 Å². The molecular weight excluding hydrogens is 599 g/mol. The van der Waals surface area contributed by atoms with E-state index in [1.54, 1.807) is 0 Å². The maximum atomic E-state index is 10.0. The van der Waals surface area contributed by atoms with Crippen LogP contribution in [0.25, 0.3) is 11.5 Å². The quantitative estimate of drug-likeness (QED) is 0.275. The molecule has 2 atom stereocenters. The largest absolute Gasteiger partial charge is 4.00 e. The molecule has 0 heterocycles. The molecule has 0 aromatic heterocycles. The molecule has 0 aromatic rings. The standard InChI is InChI=1S/2C10H20O2.C6H12N2.Pt/c2*1-10(2,3)8-6-4-5-7-9(11)12;7-5-3-1-2-4-6(5)8;/h2*4-8H2,1-3H3,(H,11,12);5-8H,1-4H2;/q;;-2;+4/p-2/t;;5-,6+;. The van der Waals surface area contributed by atoms with Crippen molar-refractivity contribution in [3.63, 3.8) is 0 Å². The van der Waals surface area contributed by atoms with Crippen molar-refractivity contribution >= 4 is 11.9 Å². The number of carbonyl (C=O) groups excluding carboxylic acids is 2. The van der Waals surface area contributed by atoms with E-state index in [2.05, 4.69) is 41.5 Å². The SMILES string of the molecule is CC(C)(C)CCCCCC(=O)[O-].CC(C)(C)CCCCCC(=O)[O-].[NH-][C@@H]1CCCC[C@@H]1[NH-].[Pt+4]. The fourth-order valence-electron chi connectivity index (χ4n) is 3.33. The predicted octanol–water partition coefficient (Wildman–Crippen LogP) is 5.87. The van der Waals surface area contributed by atoms with Crippen LogP contribution in [0.4, 0.5) is 0 Å². The van der Waals surface area contributed by atoms with Crippen molar-refractivity contribution < 1.29 is 40.9 Å². The first-order valence-corrected chi connectivity index (χ1v) is 12.5. The summed E-state index contributed by atoms with van der Waals surface area (Å²) in [5.41, 5.74) is 15.3. The molecule has 0 saturated heterocycles. The zero-order valence-corrected chi connectivity index (χ0v) is 24.3. The third-order valence-electron chi connectivity index (χ3n) is 5.38. The van der Waals surface area contributed by atoms with E-state index in [1.807, 2.05) is 0 Å². The second kappa shape index (κ2) is 20.9. The Kier molecular flexibility index (Phi) is 23.5. The van der Waals surface area contributed by atoms with Crippen LogP contribution in [0.1, 0.15) is 131 Å². The number of carboxylic acid groups (broad SMARTS) is 2. The third-order valence-corrected chi connectivity index (χ3v) is 5.38. The van der Waals surface area contributed by atoms with Gasteiger partial charge in [0.05, 0.1) is 0 Å². The smallest absolute Gasteiger partial charge is 0.676 e. The molecule has 0 radical (unpaired) electrons. The van der Waals surface area contributed by atoms with Crippen LogP contribution in [0.3, 0.4) is 0 Å². The van der Waals surface area contributed by atoms with Gasteiger partial charge in [0, 0.05) is 11.9 Å². The summed E-state index contributed by atoms with van der Waals surface area (Å²) in [6.45, 7) is 13.2. The fraction of sp³-hybridized carbons (Fsp3) is 0.923. The Hall–Kier alpha value is -0.452. The molecule has 1 fully saturated rings. The minimum atomic E-state index is -0.925. The van der Waals surface area contributed by atoms with E-state index in [0.717, 1.165) is 51.4 Å². The van der Waals surface area contributed by atoms with Crippen molar-refractivity contribution in [3.05, 3.63) is 11.5 Å². The Morgan fingerprint density at radius 3 is 1.18 bits per heavy atom. The van der Waals surface area contributed by atoms with Crippen molar-refractivity contribution in [3.8, 4) is 0 Å². The Bertz CT molecular complexity index is 444. The number of hydrogen-bond donors (Lipinski definition) is 0. The summed E-state index contributed by atoms with van der Waals surface area (Å²) in [5.74, 6) is -1.85. The topological polar surface area (TPSA) is 128 Å². The van der Waals surface area contributed by atoms with Crippen molar-refractivity contribution in [2.24, 2.45) is 10.8 Å². The Morgan fingerprint density at radius 2 is 0.970 bits per heavy atom. The maximum Gasteiger partial charge on any atom is 4.00 e. The Morgan fingerprint density at radius 1 is 0.667 bits per heavy atom. The molecule has 0 aliphatic heterocycles. The summed E-state index contributed by atoms with van der Waals surface area (Å²) < 4.78 is 0. The summed E-state index contributed by atoms with van der Waals surface area (Å²) in [4.78, 5) is 20.1. The van der Waals surface area contributed by atoms with Crippen LogP contribution < -0.4 is 10.2 Å². The van der Waals surface area contributed by atoms with Crippen LogP contribution in [0.5, 0.6) is 0 Å². The van der Waals surface area contributed by atoms with Gasteiger partial charge in [-0.3, -0.25) is 0 Å². The molecule has 198 valence electrons. The maximum absolute atomic E-state index is 10.0. The second-order valence-electron chi connectivity index (χ2n) is 11.5. The molecule has 0 spiro atoms. The van der Waals surface area contributed by atoms with Gasteiger partial charge < -0.3 is 31.3 Å². The zero-order valence-electron chi connectivity index (χ0n) is 22.0. The van der Waals surface area contributed by atoms with Gasteiger partial charge >= 0.3 is 21.1 Å². The number of hydrogen-bond acceptors (Lipinski definition) is 4. The Balaban J connectivity index is -0.000000410. The van der Waals surface area contributed by atoms with Crippen molar-refractivity contribution in [1.29, 1.82) is 0 Å². The first-order valence-electron chi connectivity index (χ1n) is 12.5. The minimum absolute atomic E-state index is 0. The third kappa shape index (κ3) is 33.8. The predicted molar refractivity (Wildman–Crippen MR) is 130 cm³/mol. The number of rotatable bonds is 10. The van der Waals surface area contributed by atoms with Crippen LogP contribution in [-0.2, 0) is 30.7 Å². The normalized spacial score (nSPS) is 18.1. The molecule has 0 bridgehead atoms. The van der Waals surface area contributed by atoms with E-state index in [4.69, 9.17) is 11.5 Å². The first-order chi connectivity index (χ1) is 14.6. The molecule has 1 rings (SSSR count). The van der Waals surface area contributed by atoms with Crippen LogP contribution >= 0.6 is 0 Å². The van der Waals surface area contributed by atoms with E-state index in [9.17, 15) is 19.8 Å². The molecule has 1 aliphatic carbocycles. The van der Waals surface area contributed by atoms with Crippen LogP contribution in [0.2, 0.25) is 0 Å². The molecule has 0 aromatic carbocycles. The monoisotopic (exact) mass is 649 g/mol. The van der Waals surface area contributed by atoms with Gasteiger partial charge in [-0.05, 0) is 49.4 Å². The van der Waals surface area contributed by atoms with Crippen LogP contribution in [-0.4, -0.2) is 24.0 Å². The summed E-state index contributed by atoms with van der Waals surface area (Å²) in [6, 6.07) is -0.160. The van der Waals surface area contributed by atoms with Gasteiger partial charge in [0.2, 0.25) is 0 Å². The van der Waals surface area contributed by atoms with Gasteiger partial charge in [-0.25, -0.2) is 0 Å². The average Bonchev–Trinajstić information content (AvgIpc) is 2.62. The first kappa shape index (κ1) is 37.1. The molecule has 0 amide bonds. The van der Waals surface area contributed by atoms with Gasteiger partial charge in [-0.2, -0.15) is 12.1 Å². The van der Waals surface area contributed by atoms with E-state index in [0.29, 0.717) is 10.8 Å². The second-order valence-corrected chi connectivity index (χ2v) is 11.5. The minimum Gasteiger partial charge on any atom is -0.676 e. The summed E-state index contributed by atoms with van der Waals surface area (Å²) >= 11 is 0. The number of carboxylic acids is 2. The molecular formula is C26H50N2O4Pt. The van der Waals surface area contributed by atoms with E-state index >= 15 is 0 Å². The molecule has 1 aliphatic rings. The number of nitrogens with one attached hydrogen (secondary N) is 2. The fourth-order valence-corrected chi connectivity index (χ4v) is 3.33. The summed E-state index contributed by atoms with van der Waals surface area (Å²) in [7, 11) is 0. The van der Waals surface area contributed by atoms with Crippen molar-refractivity contribution in [2.75, 3.05) is 0 Å². The van der Waals surface area contributed by atoms with E-state index in [-0.39, 0.29) is 46.0 Å². The zero-order chi connectivity index (χ0) is 25.2. The average molecular weight is 650 g/mol. The van der Waals surface area contributed by atoms with Crippen molar-refractivity contribution in [1.82, 2.24) is 0 Å². The van der Waals surface area contributed by atoms with Gasteiger partial charge in [-0.15, -0.1) is 0 Å². The number of carbonyl (C=O) groups is 2. The van der Waals surface area contributed by atoms with Gasteiger partial charge in [0.1, 0.15) is 0 Å². The molecule has 1 saturated carbocycles. The van der Waals surface area contributed by atoms with E-state index < -0.39 is 11.9 Å². The van der Waals surface area contributed by atoms with Gasteiger partial charge in [0.25, 0.3) is 0 Å².